The van der Waals surface area contributed by atoms with Gasteiger partial charge in [-0.2, -0.15) is 0 Å². The van der Waals surface area contributed by atoms with E-state index in [0.29, 0.717) is 23.2 Å². The van der Waals surface area contributed by atoms with Gasteiger partial charge in [-0.15, -0.1) is 5.10 Å². The summed E-state index contributed by atoms with van der Waals surface area (Å²) >= 11 is 0. The Morgan fingerprint density at radius 3 is 2.69 bits per heavy atom. The predicted octanol–water partition coefficient (Wildman–Crippen LogP) is 6.26. The van der Waals surface area contributed by atoms with Gasteiger partial charge in [0, 0.05) is 60.8 Å². The lowest BCUT2D eigenvalue weighted by molar-refractivity contribution is 0.0591. The molecule has 0 spiro atoms. The number of hydrogen-bond donors (Lipinski definition) is 0. The smallest absolute Gasteiger partial charge is 0.339 e. The van der Waals surface area contributed by atoms with Crippen LogP contribution in [0.5, 0.6) is 0 Å². The highest BCUT2D eigenvalue weighted by atomic mass is 19.1. The summed E-state index contributed by atoms with van der Waals surface area (Å²) in [5, 5.41) is 8.36. The van der Waals surface area contributed by atoms with Crippen molar-refractivity contribution in [1.82, 2.24) is 24.5 Å². The minimum Gasteiger partial charge on any atom is -0.465 e. The minimum atomic E-state index is -0.440. The van der Waals surface area contributed by atoms with Crippen molar-refractivity contribution >= 4 is 11.9 Å². The van der Waals surface area contributed by atoms with Crippen molar-refractivity contribution in [3.63, 3.8) is 0 Å². The van der Waals surface area contributed by atoms with Gasteiger partial charge in [0.1, 0.15) is 5.82 Å². The van der Waals surface area contributed by atoms with Crippen molar-refractivity contribution in [3.05, 3.63) is 89.3 Å². The first-order valence-electron chi connectivity index (χ1n) is 14.8. The molecule has 1 aliphatic heterocycles. The Bertz CT molecular complexity index is 1620. The summed E-state index contributed by atoms with van der Waals surface area (Å²) in [4.78, 5) is 28.3. The van der Waals surface area contributed by atoms with Gasteiger partial charge in [-0.05, 0) is 79.6 Å². The summed E-state index contributed by atoms with van der Waals surface area (Å²) in [6.45, 7) is 2.84. The SMILES string of the molecule is CCC[C@@H]1CCCCN1C(=O)c1cc(F)cc(-c2cccc(-n3ccc(C(=O)OC)c3[C@@H]3C[C@H]3c3cn(C)nn3)c2)c1. The topological polar surface area (TPSA) is 82.3 Å². The van der Waals surface area contributed by atoms with E-state index in [9.17, 15) is 14.0 Å². The number of esters is 1. The number of carbonyl (C=O) groups excluding carboxylic acids is 2. The third-order valence-electron chi connectivity index (χ3n) is 8.59. The number of piperidine rings is 1. The lowest BCUT2D eigenvalue weighted by Crippen LogP contribution is -2.43. The molecule has 0 radical (unpaired) electrons. The minimum absolute atomic E-state index is 0.0773. The zero-order chi connectivity index (χ0) is 29.4. The molecule has 3 heterocycles. The van der Waals surface area contributed by atoms with Crippen molar-refractivity contribution in [1.29, 1.82) is 0 Å². The molecule has 2 aliphatic rings. The molecule has 2 aromatic carbocycles. The van der Waals surface area contributed by atoms with Crippen LogP contribution in [0.1, 0.15) is 89.4 Å². The molecule has 2 aromatic heterocycles. The molecule has 0 N–H and O–H groups in total. The number of amides is 1. The van der Waals surface area contributed by atoms with E-state index in [1.807, 2.05) is 53.2 Å². The molecule has 9 heteroatoms. The number of ether oxygens (including phenoxy) is 1. The van der Waals surface area contributed by atoms with E-state index in [2.05, 4.69) is 17.2 Å². The van der Waals surface area contributed by atoms with Gasteiger partial charge in [0.25, 0.3) is 5.91 Å². The largest absolute Gasteiger partial charge is 0.465 e. The maximum Gasteiger partial charge on any atom is 0.339 e. The zero-order valence-corrected chi connectivity index (χ0v) is 24.3. The molecule has 4 aromatic rings. The predicted molar refractivity (Wildman–Crippen MR) is 157 cm³/mol. The molecule has 42 heavy (non-hydrogen) atoms. The number of benzene rings is 2. The number of nitrogens with zero attached hydrogens (tertiary/aromatic N) is 5. The normalized spacial score (nSPS) is 20.0. The Hall–Kier alpha value is -4.27. The quantitative estimate of drug-likeness (QED) is 0.234. The lowest BCUT2D eigenvalue weighted by atomic mass is 9.96. The average Bonchev–Trinajstić information content (AvgIpc) is 3.45. The Morgan fingerprint density at radius 2 is 1.93 bits per heavy atom. The third-order valence-corrected chi connectivity index (χ3v) is 8.59. The van der Waals surface area contributed by atoms with Crippen LogP contribution in [0.2, 0.25) is 0 Å². The van der Waals surface area contributed by atoms with Gasteiger partial charge in [0.05, 0.1) is 18.4 Å². The molecule has 1 saturated carbocycles. The Morgan fingerprint density at radius 1 is 1.07 bits per heavy atom. The molecule has 218 valence electrons. The molecule has 8 nitrogen and oxygen atoms in total. The Labute approximate surface area is 245 Å². The first kappa shape index (κ1) is 27.9. The summed E-state index contributed by atoms with van der Waals surface area (Å²) in [5.41, 5.74) is 4.89. The standard InChI is InChI=1S/C33H36FN5O3/c1-4-8-25-10-5-6-13-39(25)32(40)23-15-22(16-24(34)17-23)21-9-7-11-26(18-21)38-14-12-27(33(41)42-3)31(38)29-19-28(29)30-20-37(2)36-35-30/h7,9,11-12,14-18,20,25,28-29H,4-6,8,10,13,19H2,1-3H3/t25-,28-,29-/m1/s1. The molecule has 1 saturated heterocycles. The summed E-state index contributed by atoms with van der Waals surface area (Å²) in [6, 6.07) is 14.3. The van der Waals surface area contributed by atoms with Crippen LogP contribution in [-0.4, -0.2) is 56.0 Å². The fourth-order valence-electron chi connectivity index (χ4n) is 6.47. The molecule has 1 aliphatic carbocycles. The van der Waals surface area contributed by atoms with E-state index in [-0.39, 0.29) is 23.8 Å². The molecule has 3 atom stereocenters. The molecule has 2 fully saturated rings. The van der Waals surface area contributed by atoms with Crippen LogP contribution in [0.15, 0.2) is 60.9 Å². The summed E-state index contributed by atoms with van der Waals surface area (Å²) in [7, 11) is 3.22. The van der Waals surface area contributed by atoms with Crippen molar-refractivity contribution in [2.24, 2.45) is 7.05 Å². The Kier molecular flexibility index (Phi) is 7.66. The van der Waals surface area contributed by atoms with E-state index in [4.69, 9.17) is 4.74 Å². The van der Waals surface area contributed by atoms with Crippen LogP contribution in [0, 0.1) is 5.82 Å². The van der Waals surface area contributed by atoms with Gasteiger partial charge < -0.3 is 14.2 Å². The van der Waals surface area contributed by atoms with Crippen LogP contribution in [0.3, 0.4) is 0 Å². The van der Waals surface area contributed by atoms with E-state index in [1.165, 1.54) is 19.2 Å². The second kappa shape index (κ2) is 11.5. The lowest BCUT2D eigenvalue weighted by Gasteiger charge is -2.36. The zero-order valence-electron chi connectivity index (χ0n) is 24.3. The van der Waals surface area contributed by atoms with E-state index >= 15 is 0 Å². The first-order valence-corrected chi connectivity index (χ1v) is 14.8. The number of aromatic nitrogens is 4. The maximum absolute atomic E-state index is 15.0. The van der Waals surface area contributed by atoms with Gasteiger partial charge >= 0.3 is 5.97 Å². The highest BCUT2D eigenvalue weighted by molar-refractivity contribution is 5.96. The van der Waals surface area contributed by atoms with Gasteiger partial charge in [0.15, 0.2) is 0 Å². The number of rotatable bonds is 8. The molecule has 1 amide bonds. The van der Waals surface area contributed by atoms with E-state index in [1.54, 1.807) is 16.8 Å². The molecule has 6 rings (SSSR count). The molecule has 0 unspecified atom stereocenters. The number of carbonyl (C=O) groups is 2. The highest BCUT2D eigenvalue weighted by Crippen LogP contribution is 2.55. The number of halogens is 1. The van der Waals surface area contributed by atoms with Crippen LogP contribution in [0.25, 0.3) is 16.8 Å². The summed E-state index contributed by atoms with van der Waals surface area (Å²) < 4.78 is 23.8. The van der Waals surface area contributed by atoms with Crippen LogP contribution in [0.4, 0.5) is 4.39 Å². The van der Waals surface area contributed by atoms with Gasteiger partial charge in [-0.25, -0.2) is 9.18 Å². The number of hydrogen-bond acceptors (Lipinski definition) is 5. The van der Waals surface area contributed by atoms with Gasteiger partial charge in [-0.1, -0.05) is 30.7 Å². The molecule has 0 bridgehead atoms. The highest BCUT2D eigenvalue weighted by Gasteiger charge is 2.45. The molecular weight excluding hydrogens is 533 g/mol. The average molecular weight is 570 g/mol. The molecular formula is C33H36FN5O3. The van der Waals surface area contributed by atoms with Gasteiger partial charge in [0.2, 0.25) is 0 Å². The van der Waals surface area contributed by atoms with Crippen LogP contribution >= 0.6 is 0 Å². The van der Waals surface area contributed by atoms with Crippen LogP contribution in [-0.2, 0) is 11.8 Å². The number of methoxy groups -OCH3 is 1. The first-order chi connectivity index (χ1) is 20.4. The fraction of sp³-hybridized carbons (Fsp3) is 0.394. The van der Waals surface area contributed by atoms with Crippen molar-refractivity contribution in [3.8, 4) is 16.8 Å². The van der Waals surface area contributed by atoms with Crippen molar-refractivity contribution in [2.75, 3.05) is 13.7 Å². The van der Waals surface area contributed by atoms with Gasteiger partial charge in [-0.3, -0.25) is 9.48 Å². The second-order valence-electron chi connectivity index (χ2n) is 11.5. The number of likely N-dealkylation sites (tertiary alicyclic amines) is 1. The number of aryl methyl sites for hydroxylation is 1. The van der Waals surface area contributed by atoms with Crippen molar-refractivity contribution in [2.45, 2.75) is 63.3 Å². The summed E-state index contributed by atoms with van der Waals surface area (Å²) in [5.74, 6) is -0.707. The summed E-state index contributed by atoms with van der Waals surface area (Å²) in [6.07, 6.45) is 9.69. The Balaban J connectivity index is 1.34. The van der Waals surface area contributed by atoms with E-state index in [0.717, 1.165) is 61.2 Å². The van der Waals surface area contributed by atoms with Crippen LogP contribution < -0.4 is 0 Å². The maximum atomic E-state index is 15.0. The fourth-order valence-corrected chi connectivity index (χ4v) is 6.47. The van der Waals surface area contributed by atoms with E-state index < -0.39 is 11.8 Å². The second-order valence-corrected chi connectivity index (χ2v) is 11.5. The van der Waals surface area contributed by atoms with Crippen molar-refractivity contribution < 1.29 is 18.7 Å². The monoisotopic (exact) mass is 569 g/mol. The third kappa shape index (κ3) is 5.35.